The molecule has 0 bridgehead atoms. The Balaban J connectivity index is 2.16. The summed E-state index contributed by atoms with van der Waals surface area (Å²) in [6.07, 6.45) is 1.01. The lowest BCUT2D eigenvalue weighted by Crippen LogP contribution is -2.37. The van der Waals surface area contributed by atoms with Crippen LogP contribution in [0.3, 0.4) is 0 Å². The van der Waals surface area contributed by atoms with E-state index in [9.17, 15) is 5.11 Å². The molecular weight excluding hydrogens is 264 g/mol. The molecule has 1 aliphatic heterocycles. The van der Waals surface area contributed by atoms with Gasteiger partial charge in [0.15, 0.2) is 0 Å². The van der Waals surface area contributed by atoms with E-state index in [-0.39, 0.29) is 18.5 Å². The minimum absolute atomic E-state index is 0.0134. The highest BCUT2D eigenvalue weighted by molar-refractivity contribution is 6.03. The van der Waals surface area contributed by atoms with E-state index in [0.717, 1.165) is 23.9 Å². The van der Waals surface area contributed by atoms with Gasteiger partial charge in [0.05, 0.1) is 23.7 Å². The van der Waals surface area contributed by atoms with Gasteiger partial charge in [-0.25, -0.2) is 4.98 Å². The summed E-state index contributed by atoms with van der Waals surface area (Å²) in [6, 6.07) is 9.77. The van der Waals surface area contributed by atoms with E-state index in [4.69, 9.17) is 16.1 Å². The second-order valence-electron chi connectivity index (χ2n) is 5.68. The number of aromatic nitrogens is 1. The van der Waals surface area contributed by atoms with Crippen molar-refractivity contribution in [2.75, 3.05) is 18.1 Å². The van der Waals surface area contributed by atoms with E-state index >= 15 is 0 Å². The minimum Gasteiger partial charge on any atom is -0.394 e. The zero-order valence-electron chi connectivity index (χ0n) is 12.1. The van der Waals surface area contributed by atoms with Crippen LogP contribution in [0.5, 0.6) is 0 Å². The van der Waals surface area contributed by atoms with Crippen LogP contribution in [-0.2, 0) is 0 Å². The highest BCUT2D eigenvalue weighted by Crippen LogP contribution is 2.32. The fourth-order valence-electron chi connectivity index (χ4n) is 3.07. The number of nitrogens with zero attached hydrogens (tertiary/aromatic N) is 2. The topological polar surface area (TPSA) is 86.2 Å². The largest absolute Gasteiger partial charge is 0.394 e. The van der Waals surface area contributed by atoms with E-state index in [1.54, 1.807) is 0 Å². The number of hydrogen-bond acceptors (Lipinski definition) is 4. The van der Waals surface area contributed by atoms with Crippen molar-refractivity contribution in [1.29, 1.82) is 5.41 Å². The molecule has 2 atom stereocenters. The smallest absolute Gasteiger partial charge is 0.140 e. The van der Waals surface area contributed by atoms with Crippen molar-refractivity contribution in [2.45, 2.75) is 19.4 Å². The van der Waals surface area contributed by atoms with Gasteiger partial charge in [-0.05, 0) is 24.5 Å². The van der Waals surface area contributed by atoms with Gasteiger partial charge in [0, 0.05) is 11.9 Å². The highest BCUT2D eigenvalue weighted by Gasteiger charge is 2.33. The molecule has 0 spiro atoms. The standard InChI is InChI=1S/C16H20N4O/c1-10-6-7-20(14(10)9-21)16-12(15(17)18)8-11-4-2-3-5-13(11)19-16/h2-5,8,10,14,21H,6-7,9H2,1H3,(H3,17,18). The van der Waals surface area contributed by atoms with Gasteiger partial charge in [0.2, 0.25) is 0 Å². The third kappa shape index (κ3) is 2.34. The second-order valence-corrected chi connectivity index (χ2v) is 5.68. The second kappa shape index (κ2) is 5.33. The number of pyridine rings is 1. The number of nitrogens with two attached hydrogens (primary N) is 1. The van der Waals surface area contributed by atoms with Gasteiger partial charge in [-0.15, -0.1) is 0 Å². The summed E-state index contributed by atoms with van der Waals surface area (Å²) in [7, 11) is 0. The van der Waals surface area contributed by atoms with Crippen molar-refractivity contribution < 1.29 is 5.11 Å². The van der Waals surface area contributed by atoms with Gasteiger partial charge in [0.1, 0.15) is 11.7 Å². The quantitative estimate of drug-likeness (QED) is 0.592. The Labute approximate surface area is 123 Å². The molecule has 2 unspecified atom stereocenters. The lowest BCUT2D eigenvalue weighted by atomic mass is 10.0. The van der Waals surface area contributed by atoms with E-state index in [1.807, 2.05) is 30.3 Å². The first-order valence-electron chi connectivity index (χ1n) is 7.23. The minimum atomic E-state index is 0.0134. The molecule has 0 radical (unpaired) electrons. The average molecular weight is 284 g/mol. The van der Waals surface area contributed by atoms with Crippen molar-refractivity contribution in [1.82, 2.24) is 4.98 Å². The molecule has 1 aliphatic rings. The maximum Gasteiger partial charge on any atom is 0.140 e. The molecule has 0 saturated carbocycles. The van der Waals surface area contributed by atoms with Crippen LogP contribution in [0.15, 0.2) is 30.3 Å². The SMILES string of the molecule is CC1CCN(c2nc3ccccc3cc2C(=N)N)C1CO. The van der Waals surface area contributed by atoms with E-state index in [0.29, 0.717) is 17.3 Å². The third-order valence-electron chi connectivity index (χ3n) is 4.34. The molecule has 21 heavy (non-hydrogen) atoms. The van der Waals surface area contributed by atoms with E-state index in [2.05, 4.69) is 11.8 Å². The van der Waals surface area contributed by atoms with Crippen LogP contribution in [0, 0.1) is 11.3 Å². The van der Waals surface area contributed by atoms with Crippen LogP contribution in [0.2, 0.25) is 0 Å². The number of amidine groups is 1. The number of aliphatic hydroxyl groups is 1. The predicted octanol–water partition coefficient (Wildman–Crippen LogP) is 1.73. The molecule has 1 saturated heterocycles. The summed E-state index contributed by atoms with van der Waals surface area (Å²) < 4.78 is 0. The number of anilines is 1. The summed E-state index contributed by atoms with van der Waals surface area (Å²) >= 11 is 0. The first kappa shape index (κ1) is 13.8. The fourth-order valence-corrected chi connectivity index (χ4v) is 3.07. The van der Waals surface area contributed by atoms with Crippen LogP contribution in [-0.4, -0.2) is 35.1 Å². The molecule has 5 heteroatoms. The Morgan fingerprint density at radius 1 is 1.48 bits per heavy atom. The number of nitrogens with one attached hydrogen (secondary N) is 1. The molecule has 110 valence electrons. The van der Waals surface area contributed by atoms with Crippen LogP contribution < -0.4 is 10.6 Å². The van der Waals surface area contributed by atoms with Gasteiger partial charge in [-0.2, -0.15) is 0 Å². The summed E-state index contributed by atoms with van der Waals surface area (Å²) in [6.45, 7) is 3.06. The molecule has 2 heterocycles. The lowest BCUT2D eigenvalue weighted by molar-refractivity contribution is 0.244. The maximum atomic E-state index is 9.66. The number of benzene rings is 1. The Kier molecular flexibility index (Phi) is 3.51. The van der Waals surface area contributed by atoms with Crippen molar-refractivity contribution in [3.05, 3.63) is 35.9 Å². The maximum absolute atomic E-state index is 9.66. The lowest BCUT2D eigenvalue weighted by Gasteiger charge is -2.28. The Morgan fingerprint density at radius 3 is 2.95 bits per heavy atom. The molecule has 0 amide bonds. The van der Waals surface area contributed by atoms with Crippen molar-refractivity contribution in [2.24, 2.45) is 11.7 Å². The highest BCUT2D eigenvalue weighted by atomic mass is 16.3. The van der Waals surface area contributed by atoms with Gasteiger partial charge in [-0.3, -0.25) is 5.41 Å². The number of para-hydroxylation sites is 1. The fraction of sp³-hybridized carbons (Fsp3) is 0.375. The monoisotopic (exact) mass is 284 g/mol. The van der Waals surface area contributed by atoms with Gasteiger partial charge in [-0.1, -0.05) is 25.1 Å². The summed E-state index contributed by atoms with van der Waals surface area (Å²) in [5, 5.41) is 18.5. The number of hydrogen-bond donors (Lipinski definition) is 3. The summed E-state index contributed by atoms with van der Waals surface area (Å²) in [4.78, 5) is 6.80. The number of nitrogen functional groups attached to an aromatic ring is 1. The van der Waals surface area contributed by atoms with Crippen molar-refractivity contribution in [3.8, 4) is 0 Å². The van der Waals surface area contributed by atoms with E-state index in [1.165, 1.54) is 0 Å². The molecule has 1 fully saturated rings. The summed E-state index contributed by atoms with van der Waals surface area (Å²) in [5.74, 6) is 1.13. The summed E-state index contributed by atoms with van der Waals surface area (Å²) in [5.41, 5.74) is 7.27. The Bertz CT molecular complexity index is 685. The van der Waals surface area contributed by atoms with Gasteiger partial charge < -0.3 is 15.7 Å². The Hall–Kier alpha value is -2.14. The molecule has 2 aromatic rings. The van der Waals surface area contributed by atoms with Gasteiger partial charge in [0.25, 0.3) is 0 Å². The third-order valence-corrected chi connectivity index (χ3v) is 4.34. The molecule has 3 rings (SSSR count). The van der Waals surface area contributed by atoms with Crippen LogP contribution in [0.4, 0.5) is 5.82 Å². The van der Waals surface area contributed by atoms with Gasteiger partial charge >= 0.3 is 0 Å². The van der Waals surface area contributed by atoms with Crippen molar-refractivity contribution in [3.63, 3.8) is 0 Å². The number of aliphatic hydroxyl groups excluding tert-OH is 1. The normalized spacial score (nSPS) is 21.9. The molecule has 4 N–H and O–H groups in total. The number of fused-ring (bicyclic) bond motifs is 1. The first-order chi connectivity index (χ1) is 10.1. The molecule has 0 aliphatic carbocycles. The molecule has 1 aromatic carbocycles. The zero-order chi connectivity index (χ0) is 15.0. The number of rotatable bonds is 3. The van der Waals surface area contributed by atoms with Crippen LogP contribution in [0.25, 0.3) is 10.9 Å². The molecule has 1 aromatic heterocycles. The predicted molar refractivity (Wildman–Crippen MR) is 84.8 cm³/mol. The molecular formula is C16H20N4O. The first-order valence-corrected chi connectivity index (χ1v) is 7.23. The zero-order valence-corrected chi connectivity index (χ0v) is 12.1. The van der Waals surface area contributed by atoms with Crippen molar-refractivity contribution >= 4 is 22.6 Å². The van der Waals surface area contributed by atoms with Crippen LogP contribution in [0.1, 0.15) is 18.9 Å². The Morgan fingerprint density at radius 2 is 2.24 bits per heavy atom. The van der Waals surface area contributed by atoms with Crippen LogP contribution >= 0.6 is 0 Å². The van der Waals surface area contributed by atoms with E-state index < -0.39 is 0 Å². The average Bonchev–Trinajstić information content (AvgIpc) is 2.86. The molecule has 5 nitrogen and oxygen atoms in total.